The molecule has 0 heterocycles. The van der Waals surface area contributed by atoms with E-state index in [1.165, 1.54) is 28.3 Å². The zero-order valence-corrected chi connectivity index (χ0v) is 18.9. The van der Waals surface area contributed by atoms with Gasteiger partial charge in [-0.1, -0.05) is 27.7 Å². The molecule has 0 nitrogen and oxygen atoms in total. The fourth-order valence-electron chi connectivity index (χ4n) is 1.44. The van der Waals surface area contributed by atoms with Crippen LogP contribution in [-0.4, -0.2) is 5.43 Å². The van der Waals surface area contributed by atoms with Crippen LogP contribution in [0.15, 0.2) is 36.4 Å². The van der Waals surface area contributed by atoms with Gasteiger partial charge in [0.1, 0.15) is 0 Å². The maximum atomic E-state index is 2.36. The van der Waals surface area contributed by atoms with Gasteiger partial charge in [-0.05, 0) is 0 Å². The van der Waals surface area contributed by atoms with Crippen molar-refractivity contribution in [2.75, 3.05) is 0 Å². The van der Waals surface area contributed by atoms with Gasteiger partial charge in [0.15, 0.2) is 0 Å². The molecule has 0 bridgehead atoms. The molecule has 0 aliphatic rings. The van der Waals surface area contributed by atoms with Crippen LogP contribution in [0.5, 0.6) is 0 Å². The largest absolute Gasteiger partial charge is 1.00 e. The van der Waals surface area contributed by atoms with Crippen LogP contribution in [0.3, 0.4) is 0 Å². The van der Waals surface area contributed by atoms with Crippen LogP contribution in [0, 0.1) is 27.7 Å². The van der Waals surface area contributed by atoms with Gasteiger partial charge in [0.2, 0.25) is 0 Å². The molecule has 0 amide bonds. The molecule has 0 spiro atoms. The smallest absolute Gasteiger partial charge is 0.0635 e. The summed E-state index contributed by atoms with van der Waals surface area (Å²) in [6.45, 7) is 13.0. The summed E-state index contributed by atoms with van der Waals surface area (Å²) in [5, 5.41) is 0. The molecule has 0 atom stereocenters. The number of hydrogen-bond donors (Lipinski definition) is 0. The molecule has 0 aliphatic heterocycles. The van der Waals surface area contributed by atoms with E-state index in [0.29, 0.717) is 0 Å². The van der Waals surface area contributed by atoms with Crippen LogP contribution in [0.2, 0.25) is 12.6 Å². The Kier molecular flexibility index (Phi) is 19.1. The normalized spacial score (nSPS) is 8.19. The second-order valence-corrected chi connectivity index (χ2v) is 13.6. The van der Waals surface area contributed by atoms with Crippen molar-refractivity contribution < 1.29 is 48.1 Å². The summed E-state index contributed by atoms with van der Waals surface area (Å²) in [5.41, 5.74) is 5.65. The molecule has 0 saturated heterocycles. The number of aryl methyl sites for hydroxylation is 4. The molecule has 0 N–H and O–H groups in total. The molecule has 21 heavy (non-hydrogen) atoms. The summed E-state index contributed by atoms with van der Waals surface area (Å²) in [6, 6.07) is 14.3. The fraction of sp³-hybridized carbons (Fsp3) is 0.412. The average Bonchev–Trinajstić information content (AvgIpc) is 2.89. The van der Waals surface area contributed by atoms with Crippen molar-refractivity contribution in [2.24, 2.45) is 0 Å². The Morgan fingerprint density at radius 1 is 0.905 bits per heavy atom. The fourth-order valence-corrected chi connectivity index (χ4v) is 1.44. The third-order valence-electron chi connectivity index (χ3n) is 2.66. The first-order chi connectivity index (χ1) is 8.85. The summed E-state index contributed by atoms with van der Waals surface area (Å²) in [4.78, 5) is 0. The van der Waals surface area contributed by atoms with Crippen molar-refractivity contribution >= 4 is 5.43 Å². The summed E-state index contributed by atoms with van der Waals surface area (Å²) >= 11 is 1.77. The van der Waals surface area contributed by atoms with Gasteiger partial charge in [-0.3, -0.25) is 0 Å². The van der Waals surface area contributed by atoms with Gasteiger partial charge in [0, 0.05) is 0 Å². The van der Waals surface area contributed by atoms with E-state index in [9.17, 15) is 0 Å². The molecule has 2 aromatic carbocycles. The van der Waals surface area contributed by atoms with Crippen molar-refractivity contribution in [1.29, 1.82) is 0 Å². The van der Waals surface area contributed by atoms with Gasteiger partial charge in [0.05, 0.1) is 0 Å². The summed E-state index contributed by atoms with van der Waals surface area (Å²) in [7, 11) is 0. The molecule has 2 rings (SSSR count). The maximum absolute atomic E-state index is 2.36. The molecular formula is C17H26Cl2SiZr-2. The van der Waals surface area contributed by atoms with E-state index in [0.717, 1.165) is 0 Å². The first kappa shape index (κ1) is 26.3. The van der Waals surface area contributed by atoms with E-state index in [1.54, 1.807) is 23.3 Å². The molecule has 0 fully saturated rings. The summed E-state index contributed by atoms with van der Waals surface area (Å²) in [5.74, 6) is 0. The maximum Gasteiger partial charge on any atom is -0.0635 e. The molecule has 0 unspecified atom stereocenters. The zero-order chi connectivity index (χ0) is 14.8. The Hall–Kier alpha value is 0.380. The van der Waals surface area contributed by atoms with E-state index in [2.05, 4.69) is 77.6 Å². The Morgan fingerprint density at radius 3 is 1.24 bits per heavy atom. The van der Waals surface area contributed by atoms with Crippen LogP contribution >= 0.6 is 0 Å². The van der Waals surface area contributed by atoms with E-state index in [1.807, 2.05) is 0 Å². The first-order valence-corrected chi connectivity index (χ1v) is 12.7. The van der Waals surface area contributed by atoms with E-state index in [-0.39, 0.29) is 30.2 Å². The van der Waals surface area contributed by atoms with Crippen LogP contribution in [-0.2, 0) is 23.3 Å². The molecule has 118 valence electrons. The molecule has 0 saturated carbocycles. The van der Waals surface area contributed by atoms with Crippen LogP contribution in [0.1, 0.15) is 29.2 Å². The van der Waals surface area contributed by atoms with E-state index >= 15 is 0 Å². The molecule has 0 aromatic heterocycles. The Morgan fingerprint density at radius 2 is 1.19 bits per heavy atom. The van der Waals surface area contributed by atoms with Gasteiger partial charge in [0.25, 0.3) is 0 Å². The van der Waals surface area contributed by atoms with E-state index in [4.69, 9.17) is 0 Å². The second kappa shape index (κ2) is 15.3. The van der Waals surface area contributed by atoms with Crippen molar-refractivity contribution in [3.05, 3.63) is 58.7 Å². The minimum atomic E-state index is 0. The predicted octanol–water partition coefficient (Wildman–Crippen LogP) is -0.773. The third kappa shape index (κ3) is 16.6. The van der Waals surface area contributed by atoms with Crippen molar-refractivity contribution in [3.63, 3.8) is 0 Å². The first-order valence-electron chi connectivity index (χ1n) is 6.79. The third-order valence-corrected chi connectivity index (χ3v) is 6.33. The molecule has 0 radical (unpaired) electrons. The van der Waals surface area contributed by atoms with Crippen molar-refractivity contribution in [1.82, 2.24) is 0 Å². The predicted molar refractivity (Wildman–Crippen MR) is 85.1 cm³/mol. The minimum absolute atomic E-state index is 0. The molecular weight excluding hydrogens is 394 g/mol. The van der Waals surface area contributed by atoms with E-state index < -0.39 is 0 Å². The van der Waals surface area contributed by atoms with Gasteiger partial charge in [-0.2, -0.15) is 35.4 Å². The second-order valence-electron chi connectivity index (χ2n) is 5.07. The molecule has 2 aromatic rings. The molecule has 0 aliphatic carbocycles. The average molecular weight is 421 g/mol. The topological polar surface area (TPSA) is 0 Å². The zero-order valence-electron chi connectivity index (χ0n) is 13.9. The van der Waals surface area contributed by atoms with Crippen LogP contribution in [0.4, 0.5) is 0 Å². The summed E-state index contributed by atoms with van der Waals surface area (Å²) in [6.07, 6.45) is 0. The van der Waals surface area contributed by atoms with Crippen LogP contribution < -0.4 is 24.8 Å². The minimum Gasteiger partial charge on any atom is -1.00 e. The Labute approximate surface area is 158 Å². The van der Waals surface area contributed by atoms with Gasteiger partial charge >= 0.3 is 48.3 Å². The van der Waals surface area contributed by atoms with Gasteiger partial charge < -0.3 is 24.8 Å². The summed E-state index contributed by atoms with van der Waals surface area (Å²) < 4.78 is 0. The van der Waals surface area contributed by atoms with Crippen molar-refractivity contribution in [3.8, 4) is 0 Å². The quantitative estimate of drug-likeness (QED) is 0.420. The molecule has 4 heteroatoms. The SMILES string of the molecule is CC[Si](C)=[Zr+2].Cc1c[cH-]c(C)c1.Cc1c[cH-]c(C)c1.[Cl-].[Cl-]. The number of rotatable bonds is 1. The van der Waals surface area contributed by atoms with Gasteiger partial charge in [-0.15, -0.1) is 0 Å². The van der Waals surface area contributed by atoms with Gasteiger partial charge in [-0.25, -0.2) is 23.3 Å². The standard InChI is InChI=1S/2C7H9.C3H8Si.2ClH.Zr/c2*1-6-3-4-7(2)5-6;1-3-4-2;;;/h2*3-5H,1-2H3;3H2,1-2H3;2*1H;/q2*-1;;;;+2/p-2. The number of hydrogen-bond acceptors (Lipinski definition) is 0. The Bertz CT molecular complexity index is 415. The monoisotopic (exact) mass is 418 g/mol. The van der Waals surface area contributed by atoms with Crippen molar-refractivity contribution in [2.45, 2.75) is 47.2 Å². The number of halogens is 2. The Balaban J connectivity index is -0.000000225. The van der Waals surface area contributed by atoms with Crippen LogP contribution in [0.25, 0.3) is 0 Å².